The zero-order valence-corrected chi connectivity index (χ0v) is 10.1. The summed E-state index contributed by atoms with van der Waals surface area (Å²) in [5, 5.41) is 10.7. The van der Waals surface area contributed by atoms with E-state index in [1.54, 1.807) is 13.0 Å². The van der Waals surface area contributed by atoms with E-state index < -0.39 is 0 Å². The molecule has 0 N–H and O–H groups in total. The summed E-state index contributed by atoms with van der Waals surface area (Å²) in [5.74, 6) is 0. The Kier molecular flexibility index (Phi) is 3.24. The highest BCUT2D eigenvalue weighted by atomic mass is 16.6. The van der Waals surface area contributed by atoms with Crippen LogP contribution in [0.2, 0.25) is 0 Å². The minimum absolute atomic E-state index is 0.193. The van der Waals surface area contributed by atoms with E-state index in [1.165, 1.54) is 5.57 Å². The molecule has 2 rings (SSSR count). The maximum absolute atomic E-state index is 10.7. The highest BCUT2D eigenvalue weighted by Gasteiger charge is 2.14. The molecule has 0 radical (unpaired) electrons. The van der Waals surface area contributed by atoms with E-state index in [-0.39, 0.29) is 10.6 Å². The van der Waals surface area contributed by atoms with Gasteiger partial charge in [0, 0.05) is 24.7 Å². The summed E-state index contributed by atoms with van der Waals surface area (Å²) >= 11 is 0. The molecule has 1 aromatic carbocycles. The molecular weight excluding hydrogens is 216 g/mol. The molecule has 0 saturated heterocycles. The van der Waals surface area contributed by atoms with Gasteiger partial charge >= 0.3 is 0 Å². The lowest BCUT2D eigenvalue weighted by Crippen LogP contribution is -2.24. The first kappa shape index (κ1) is 11.8. The fourth-order valence-corrected chi connectivity index (χ4v) is 2.16. The average molecular weight is 232 g/mol. The molecule has 4 heteroatoms. The molecule has 0 aliphatic carbocycles. The third kappa shape index (κ3) is 2.53. The van der Waals surface area contributed by atoms with Gasteiger partial charge in [0.2, 0.25) is 0 Å². The highest BCUT2D eigenvalue weighted by molar-refractivity contribution is 5.69. The lowest BCUT2D eigenvalue weighted by molar-refractivity contribution is -0.385. The number of nitro benzene ring substituents is 1. The molecular formula is C13H16N2O2. The summed E-state index contributed by atoms with van der Waals surface area (Å²) in [5.41, 5.74) is 3.27. The maximum atomic E-state index is 10.7. The maximum Gasteiger partial charge on any atom is 0.272 e. The fraction of sp³-hybridized carbons (Fsp3) is 0.385. The molecule has 0 saturated carbocycles. The first-order valence-electron chi connectivity index (χ1n) is 5.71. The number of nitro groups is 1. The van der Waals surface area contributed by atoms with Gasteiger partial charge in [0.15, 0.2) is 0 Å². The minimum atomic E-state index is -0.333. The molecule has 0 fully saturated rings. The van der Waals surface area contributed by atoms with Gasteiger partial charge in [-0.2, -0.15) is 0 Å². The van der Waals surface area contributed by atoms with Gasteiger partial charge in [-0.15, -0.1) is 0 Å². The third-order valence-corrected chi connectivity index (χ3v) is 3.11. The first-order chi connectivity index (χ1) is 8.08. The van der Waals surface area contributed by atoms with Crippen LogP contribution in [0.15, 0.2) is 24.3 Å². The predicted molar refractivity (Wildman–Crippen MR) is 67.9 cm³/mol. The Morgan fingerprint density at radius 1 is 1.41 bits per heavy atom. The number of aryl methyl sites for hydroxylation is 1. The van der Waals surface area contributed by atoms with Crippen molar-refractivity contribution in [3.63, 3.8) is 0 Å². The molecule has 90 valence electrons. The number of nitrogens with zero attached hydrogens (tertiary/aromatic N) is 2. The van der Waals surface area contributed by atoms with Crippen molar-refractivity contribution in [1.29, 1.82) is 0 Å². The summed E-state index contributed by atoms with van der Waals surface area (Å²) in [4.78, 5) is 12.7. The Morgan fingerprint density at radius 3 is 2.76 bits per heavy atom. The number of benzene rings is 1. The summed E-state index contributed by atoms with van der Waals surface area (Å²) in [6.45, 7) is 3.78. The van der Waals surface area contributed by atoms with Crippen LogP contribution in [0.1, 0.15) is 17.5 Å². The van der Waals surface area contributed by atoms with Crippen molar-refractivity contribution < 1.29 is 4.92 Å². The van der Waals surface area contributed by atoms with Gasteiger partial charge in [0.1, 0.15) is 0 Å². The van der Waals surface area contributed by atoms with Crippen LogP contribution in [0.4, 0.5) is 5.69 Å². The monoisotopic (exact) mass is 232 g/mol. The molecule has 0 unspecified atom stereocenters. The molecule has 4 nitrogen and oxygen atoms in total. The number of rotatable bonds is 2. The second kappa shape index (κ2) is 4.67. The SMILES string of the molecule is Cc1cc(C2=CCCN(C)C2)ccc1[N+](=O)[O-]. The second-order valence-corrected chi connectivity index (χ2v) is 4.51. The van der Waals surface area contributed by atoms with Crippen molar-refractivity contribution in [3.05, 3.63) is 45.5 Å². The van der Waals surface area contributed by atoms with Crippen molar-refractivity contribution >= 4 is 11.3 Å². The van der Waals surface area contributed by atoms with E-state index in [0.29, 0.717) is 0 Å². The van der Waals surface area contributed by atoms with E-state index in [2.05, 4.69) is 18.0 Å². The Morgan fingerprint density at radius 2 is 2.18 bits per heavy atom. The highest BCUT2D eigenvalue weighted by Crippen LogP contribution is 2.25. The fourth-order valence-electron chi connectivity index (χ4n) is 2.16. The molecule has 0 spiro atoms. The Hall–Kier alpha value is -1.68. The molecule has 1 heterocycles. The van der Waals surface area contributed by atoms with Gasteiger partial charge in [-0.1, -0.05) is 6.08 Å². The summed E-state index contributed by atoms with van der Waals surface area (Å²) in [6.07, 6.45) is 3.27. The average Bonchev–Trinajstić information content (AvgIpc) is 2.28. The second-order valence-electron chi connectivity index (χ2n) is 4.51. The molecule has 0 aromatic heterocycles. The van der Waals surface area contributed by atoms with E-state index in [9.17, 15) is 10.1 Å². The van der Waals surface area contributed by atoms with Crippen molar-refractivity contribution in [2.75, 3.05) is 20.1 Å². The largest absolute Gasteiger partial charge is 0.302 e. The lowest BCUT2D eigenvalue weighted by Gasteiger charge is -2.23. The molecule has 0 amide bonds. The van der Waals surface area contributed by atoms with E-state index in [1.807, 2.05) is 12.1 Å². The van der Waals surface area contributed by atoms with Gasteiger partial charge in [-0.25, -0.2) is 0 Å². The van der Waals surface area contributed by atoms with Gasteiger partial charge in [-0.3, -0.25) is 10.1 Å². The first-order valence-corrected chi connectivity index (χ1v) is 5.71. The van der Waals surface area contributed by atoms with E-state index in [0.717, 1.165) is 30.6 Å². The molecule has 1 aromatic rings. The molecule has 1 aliphatic heterocycles. The Labute approximate surface area is 101 Å². The Bertz CT molecular complexity index is 480. The summed E-state index contributed by atoms with van der Waals surface area (Å²) in [6, 6.07) is 5.35. The third-order valence-electron chi connectivity index (χ3n) is 3.11. The quantitative estimate of drug-likeness (QED) is 0.581. The zero-order valence-electron chi connectivity index (χ0n) is 10.1. The lowest BCUT2D eigenvalue weighted by atomic mass is 9.99. The zero-order chi connectivity index (χ0) is 12.4. The van der Waals surface area contributed by atoms with Gasteiger partial charge in [-0.05, 0) is 43.7 Å². The smallest absolute Gasteiger partial charge is 0.272 e. The molecule has 1 aliphatic rings. The summed E-state index contributed by atoms with van der Waals surface area (Å²) in [7, 11) is 2.09. The van der Waals surface area contributed by atoms with Crippen LogP contribution in [-0.4, -0.2) is 30.0 Å². The number of hydrogen-bond donors (Lipinski definition) is 0. The van der Waals surface area contributed by atoms with Crippen molar-refractivity contribution in [2.45, 2.75) is 13.3 Å². The van der Waals surface area contributed by atoms with Crippen LogP contribution in [0.25, 0.3) is 5.57 Å². The van der Waals surface area contributed by atoms with Gasteiger partial charge in [0.25, 0.3) is 5.69 Å². The van der Waals surface area contributed by atoms with Crippen molar-refractivity contribution in [2.24, 2.45) is 0 Å². The van der Waals surface area contributed by atoms with Crippen molar-refractivity contribution in [3.8, 4) is 0 Å². The topological polar surface area (TPSA) is 46.4 Å². The van der Waals surface area contributed by atoms with Crippen LogP contribution < -0.4 is 0 Å². The van der Waals surface area contributed by atoms with Crippen LogP contribution in [0.3, 0.4) is 0 Å². The molecule has 17 heavy (non-hydrogen) atoms. The summed E-state index contributed by atoms with van der Waals surface area (Å²) < 4.78 is 0. The predicted octanol–water partition coefficient (Wildman–Crippen LogP) is 2.62. The molecule has 0 atom stereocenters. The van der Waals surface area contributed by atoms with E-state index >= 15 is 0 Å². The normalized spacial score (nSPS) is 16.7. The van der Waals surface area contributed by atoms with Gasteiger partial charge < -0.3 is 4.90 Å². The van der Waals surface area contributed by atoms with E-state index in [4.69, 9.17) is 0 Å². The van der Waals surface area contributed by atoms with Crippen molar-refractivity contribution in [1.82, 2.24) is 4.90 Å². The van der Waals surface area contributed by atoms with Gasteiger partial charge in [0.05, 0.1) is 4.92 Å². The molecule has 0 bridgehead atoms. The van der Waals surface area contributed by atoms with Crippen LogP contribution >= 0.6 is 0 Å². The minimum Gasteiger partial charge on any atom is -0.302 e. The number of likely N-dealkylation sites (N-methyl/N-ethyl adjacent to an activating group) is 1. The number of hydrogen-bond acceptors (Lipinski definition) is 3. The standard InChI is InChI=1S/C13H16N2O2/c1-10-8-11(5-6-13(10)15(16)17)12-4-3-7-14(2)9-12/h4-6,8H,3,7,9H2,1-2H3. The van der Waals surface area contributed by atoms with Crippen LogP contribution in [0.5, 0.6) is 0 Å². The van der Waals surface area contributed by atoms with Crippen LogP contribution in [0, 0.1) is 17.0 Å². The van der Waals surface area contributed by atoms with Crippen LogP contribution in [-0.2, 0) is 0 Å². The Balaban J connectivity index is 2.32.